The fraction of sp³-hybridized carbons (Fsp3) is 0.862. The van der Waals surface area contributed by atoms with Gasteiger partial charge >= 0.3 is 107 Å². The van der Waals surface area contributed by atoms with Crippen LogP contribution >= 0.6 is 0 Å². The summed E-state index contributed by atoms with van der Waals surface area (Å²) in [6.07, 6.45) is -37.4. The molecule has 0 nitrogen and oxygen atoms in total. The van der Waals surface area contributed by atoms with E-state index in [0.29, 0.717) is 0 Å². The van der Waals surface area contributed by atoms with Gasteiger partial charge in [-0.05, 0) is 24.6 Å². The van der Waals surface area contributed by atoms with Crippen LogP contribution in [0.15, 0.2) is 23.4 Å². The smallest absolute Gasteiger partial charge is 0.200 e. The first-order valence-electron chi connectivity index (χ1n) is 16.7. The van der Waals surface area contributed by atoms with E-state index in [2.05, 4.69) is 0 Å². The van der Waals surface area contributed by atoms with E-state index < -0.39 is 164 Å². The molecule has 0 bridgehead atoms. The molecule has 0 saturated heterocycles. The van der Waals surface area contributed by atoms with Gasteiger partial charge in [0.2, 0.25) is 0 Å². The fourth-order valence-electron chi connectivity index (χ4n) is 5.73. The minimum absolute atomic E-state index is 0.0546. The van der Waals surface area contributed by atoms with Crippen molar-refractivity contribution in [2.75, 3.05) is 0 Å². The molecule has 410 valence electrons. The Morgan fingerprint density at radius 2 is 0.464 bits per heavy atom. The lowest BCUT2D eigenvalue weighted by molar-refractivity contribution is -0.440. The third-order valence-corrected chi connectivity index (χ3v) is 15.3. The lowest BCUT2D eigenvalue weighted by Gasteiger charge is -2.43. The highest BCUT2D eigenvalue weighted by Crippen LogP contribution is 2.65. The molecule has 0 aromatic rings. The van der Waals surface area contributed by atoms with Crippen molar-refractivity contribution < 1.29 is 171 Å². The molecule has 0 aromatic heterocycles. The summed E-state index contributed by atoms with van der Waals surface area (Å²) in [6, 6.07) is -9.70. The predicted octanol–water partition coefficient (Wildman–Crippen LogP) is 16.2. The Bertz CT molecular complexity index is 1680. The highest BCUT2D eigenvalue weighted by Gasteiger charge is 2.93. The van der Waals surface area contributed by atoms with Crippen molar-refractivity contribution in [1.82, 2.24) is 0 Å². The molecular formula is C29H17F39Si. The first-order chi connectivity index (χ1) is 29.5. The molecule has 0 heterocycles. The van der Waals surface area contributed by atoms with E-state index in [1.54, 1.807) is 0 Å². The van der Waals surface area contributed by atoms with E-state index >= 15 is 0 Å². The first kappa shape index (κ1) is 64.0. The van der Waals surface area contributed by atoms with Gasteiger partial charge in [-0.3, -0.25) is 0 Å². The van der Waals surface area contributed by atoms with Crippen molar-refractivity contribution in [3.8, 4) is 0 Å². The molecule has 0 spiro atoms. The average molecular weight is 1130 g/mol. The van der Waals surface area contributed by atoms with Crippen molar-refractivity contribution in [3.05, 3.63) is 23.4 Å². The van der Waals surface area contributed by atoms with E-state index in [-0.39, 0.29) is 18.2 Å². The van der Waals surface area contributed by atoms with Crippen molar-refractivity contribution in [1.29, 1.82) is 0 Å². The Hall–Kier alpha value is -3.03. The van der Waals surface area contributed by atoms with E-state index in [1.165, 1.54) is 0 Å². The van der Waals surface area contributed by atoms with Gasteiger partial charge < -0.3 is 0 Å². The summed E-state index contributed by atoms with van der Waals surface area (Å²) in [6.45, 7) is 0. The maximum atomic E-state index is 14.9. The van der Waals surface area contributed by atoms with Crippen LogP contribution in [-0.2, 0) is 0 Å². The lowest BCUT2D eigenvalue weighted by Crippen LogP contribution is -2.70. The number of alkyl halides is 39. The Morgan fingerprint density at radius 1 is 0.275 bits per heavy atom. The summed E-state index contributed by atoms with van der Waals surface area (Å²) in [5.74, 6) is -127. The van der Waals surface area contributed by atoms with Gasteiger partial charge in [0.05, 0.1) is 8.07 Å². The van der Waals surface area contributed by atoms with Gasteiger partial charge in [0.1, 0.15) is 0 Å². The standard InChI is InChI=1S/C29H17F39Si/c30-12(31,15(36,37)18(42,43)21(48,49)24(54,55)27(60,61)62)5-8-69(11-3-1-2-4-11,9-6-13(32,33)16(38,39)19(44,45)22(50,51)25(56,57)28(63,64)65)10-7-14(34,35)17(40,41)20(46,47)23(52,53)26(58,59)29(66,67)68/h1,3-4H,2,5-10H2. The van der Waals surface area contributed by atoms with Gasteiger partial charge in [0, 0.05) is 19.3 Å². The van der Waals surface area contributed by atoms with E-state index in [1.807, 2.05) is 0 Å². The van der Waals surface area contributed by atoms with Crippen LogP contribution < -0.4 is 0 Å². The molecule has 0 aromatic carbocycles. The Morgan fingerprint density at radius 3 is 0.623 bits per heavy atom. The maximum absolute atomic E-state index is 14.9. The maximum Gasteiger partial charge on any atom is 0.460 e. The monoisotopic (exact) mass is 1130 g/mol. The Balaban J connectivity index is 4.30. The molecule has 0 atom stereocenters. The van der Waals surface area contributed by atoms with Crippen LogP contribution in [0.2, 0.25) is 18.1 Å². The summed E-state index contributed by atoms with van der Waals surface area (Å²) in [4.78, 5) is 0. The van der Waals surface area contributed by atoms with Crippen LogP contribution in [0.1, 0.15) is 25.7 Å². The summed E-state index contributed by atoms with van der Waals surface area (Å²) in [7, 11) is -6.89. The van der Waals surface area contributed by atoms with Crippen LogP contribution in [0.3, 0.4) is 0 Å². The van der Waals surface area contributed by atoms with Crippen LogP contribution in [0.25, 0.3) is 0 Å². The van der Waals surface area contributed by atoms with Crippen LogP contribution in [0.4, 0.5) is 171 Å². The van der Waals surface area contributed by atoms with Gasteiger partial charge in [0.25, 0.3) is 0 Å². The number of hydrogen-bond acceptors (Lipinski definition) is 0. The second-order valence-corrected chi connectivity index (χ2v) is 19.2. The fourth-order valence-corrected chi connectivity index (χ4v) is 10.7. The van der Waals surface area contributed by atoms with Crippen molar-refractivity contribution in [3.63, 3.8) is 0 Å². The molecule has 69 heavy (non-hydrogen) atoms. The zero-order chi connectivity index (χ0) is 56.1. The van der Waals surface area contributed by atoms with Crippen molar-refractivity contribution >= 4 is 8.07 Å². The summed E-state index contributed by atoms with van der Waals surface area (Å²) in [5.41, 5.74) is 0. The molecule has 0 aliphatic heterocycles. The molecule has 0 fully saturated rings. The van der Waals surface area contributed by atoms with E-state index in [9.17, 15) is 171 Å². The highest BCUT2D eigenvalue weighted by atomic mass is 28.3. The Labute approximate surface area is 354 Å². The van der Waals surface area contributed by atoms with Gasteiger partial charge in [-0.25, -0.2) is 0 Å². The average Bonchev–Trinajstić information content (AvgIpc) is 3.68. The van der Waals surface area contributed by atoms with Gasteiger partial charge in [0.15, 0.2) is 0 Å². The number of allylic oxidation sites excluding steroid dienone is 4. The van der Waals surface area contributed by atoms with Gasteiger partial charge in [-0.15, -0.1) is 0 Å². The van der Waals surface area contributed by atoms with Crippen LogP contribution in [0.5, 0.6) is 0 Å². The minimum Gasteiger partial charge on any atom is -0.200 e. The zero-order valence-electron chi connectivity index (χ0n) is 31.4. The second-order valence-electron chi connectivity index (χ2n) is 14.6. The largest absolute Gasteiger partial charge is 0.460 e. The molecule has 0 N–H and O–H groups in total. The molecule has 40 heteroatoms. The zero-order valence-corrected chi connectivity index (χ0v) is 32.4. The third-order valence-electron chi connectivity index (χ3n) is 10.1. The third kappa shape index (κ3) is 9.35. The van der Waals surface area contributed by atoms with Gasteiger partial charge in [-0.1, -0.05) is 23.4 Å². The molecule has 0 saturated carbocycles. The second kappa shape index (κ2) is 17.3. The van der Waals surface area contributed by atoms with Gasteiger partial charge in [-0.2, -0.15) is 171 Å². The van der Waals surface area contributed by atoms with E-state index in [4.69, 9.17) is 0 Å². The quantitative estimate of drug-likeness (QED) is 0.0749. The highest BCUT2D eigenvalue weighted by molar-refractivity contribution is 6.87. The first-order valence-corrected chi connectivity index (χ1v) is 19.3. The lowest BCUT2D eigenvalue weighted by atomic mass is 9.93. The molecule has 1 aliphatic carbocycles. The SMILES string of the molecule is FC(F)(F)C(F)(F)C(F)(F)C(F)(F)C(F)(F)C(F)(F)CC[Si](CCC(F)(F)C(F)(F)C(F)(F)C(F)(F)C(F)(F)C(F)(F)F)(CCC(F)(F)C(F)(F)C(F)(F)C(F)(F)C(F)(F)C(F)(F)F)C1=CCC=C1. The Kier molecular flexibility index (Phi) is 16.0. The summed E-state index contributed by atoms with van der Waals surface area (Å²) >= 11 is 0. The topological polar surface area (TPSA) is 0 Å². The summed E-state index contributed by atoms with van der Waals surface area (Å²) < 4.78 is 536. The van der Waals surface area contributed by atoms with Crippen molar-refractivity contribution in [2.45, 2.75) is 151 Å². The number of halogens is 39. The molecule has 0 radical (unpaired) electrons. The van der Waals surface area contributed by atoms with E-state index in [0.717, 1.165) is 0 Å². The molecule has 0 unspecified atom stereocenters. The van der Waals surface area contributed by atoms with Crippen LogP contribution in [-0.4, -0.2) is 115 Å². The van der Waals surface area contributed by atoms with Crippen LogP contribution in [0, 0.1) is 0 Å². The number of hydrogen-bond donors (Lipinski definition) is 0. The molecule has 1 rings (SSSR count). The molecule has 1 aliphatic rings. The molecular weight excluding hydrogens is 1120 g/mol. The summed E-state index contributed by atoms with van der Waals surface area (Å²) in [5, 5.41) is -1.78. The van der Waals surface area contributed by atoms with Crippen molar-refractivity contribution in [2.24, 2.45) is 0 Å². The minimum atomic E-state index is -8.85. The number of rotatable bonds is 22. The predicted molar refractivity (Wildman–Crippen MR) is 148 cm³/mol. The molecule has 0 amide bonds. The normalized spacial score (nSPS) is 17.5.